The molecule has 0 aromatic heterocycles. The lowest BCUT2D eigenvalue weighted by atomic mass is 10.1. The average Bonchev–Trinajstić information content (AvgIpc) is 2.62. The summed E-state index contributed by atoms with van der Waals surface area (Å²) in [4.78, 5) is 26.0. The molecule has 0 saturated carbocycles. The van der Waals surface area contributed by atoms with Crippen molar-refractivity contribution in [1.82, 2.24) is 4.90 Å². The summed E-state index contributed by atoms with van der Waals surface area (Å²) in [6.45, 7) is 0.391. The molecule has 3 aromatic carbocycles. The van der Waals surface area contributed by atoms with E-state index in [0.29, 0.717) is 12.2 Å². The van der Waals surface area contributed by atoms with E-state index in [4.69, 9.17) is 0 Å². The van der Waals surface area contributed by atoms with Crippen molar-refractivity contribution in [2.45, 2.75) is 6.54 Å². The molecular weight excluding hydrogens is 300 g/mol. The Hall–Kier alpha value is -3.14. The maximum atomic E-state index is 12.3. The minimum atomic E-state index is -0.634. The smallest absolute Gasteiger partial charge is 0.313 e. The van der Waals surface area contributed by atoms with E-state index in [1.165, 1.54) is 4.90 Å². The fraction of sp³-hybridized carbons (Fsp3) is 0.100. The summed E-state index contributed by atoms with van der Waals surface area (Å²) in [7, 11) is 1.62. The number of anilines is 1. The van der Waals surface area contributed by atoms with Crippen molar-refractivity contribution in [1.29, 1.82) is 0 Å². The molecule has 0 radical (unpaired) electrons. The van der Waals surface area contributed by atoms with Gasteiger partial charge in [-0.15, -0.1) is 0 Å². The maximum Gasteiger partial charge on any atom is 0.313 e. The standard InChI is InChI=1S/C20H18N2O2/c1-22(14-15-8-3-2-4-9-15)20(24)19(23)21-18-13-7-11-16-10-5-6-12-17(16)18/h2-13H,14H2,1H3,(H,21,23). The van der Waals surface area contributed by atoms with Crippen LogP contribution in [0, 0.1) is 0 Å². The van der Waals surface area contributed by atoms with Crippen molar-refractivity contribution in [3.63, 3.8) is 0 Å². The summed E-state index contributed by atoms with van der Waals surface area (Å²) in [6.07, 6.45) is 0. The van der Waals surface area contributed by atoms with Crippen molar-refractivity contribution in [3.05, 3.63) is 78.4 Å². The minimum Gasteiger partial charge on any atom is -0.333 e. The molecule has 0 atom stereocenters. The molecule has 0 aliphatic heterocycles. The highest BCUT2D eigenvalue weighted by molar-refractivity contribution is 6.40. The highest BCUT2D eigenvalue weighted by atomic mass is 16.2. The molecule has 0 heterocycles. The van der Waals surface area contributed by atoms with E-state index < -0.39 is 11.8 Å². The monoisotopic (exact) mass is 318 g/mol. The largest absolute Gasteiger partial charge is 0.333 e. The molecule has 4 nitrogen and oxygen atoms in total. The zero-order chi connectivity index (χ0) is 16.9. The molecule has 24 heavy (non-hydrogen) atoms. The van der Waals surface area contributed by atoms with Gasteiger partial charge in [0.15, 0.2) is 0 Å². The van der Waals surface area contributed by atoms with Crippen LogP contribution in [-0.2, 0) is 16.1 Å². The minimum absolute atomic E-state index is 0.391. The average molecular weight is 318 g/mol. The van der Waals surface area contributed by atoms with Gasteiger partial charge in [-0.25, -0.2) is 0 Å². The van der Waals surface area contributed by atoms with Crippen LogP contribution in [0.25, 0.3) is 10.8 Å². The Labute approximate surface area is 140 Å². The number of benzene rings is 3. The lowest BCUT2D eigenvalue weighted by Gasteiger charge is -2.17. The first-order chi connectivity index (χ1) is 11.6. The molecular formula is C20H18N2O2. The number of fused-ring (bicyclic) bond motifs is 1. The summed E-state index contributed by atoms with van der Waals surface area (Å²) in [5, 5.41) is 4.64. The number of amides is 2. The zero-order valence-electron chi connectivity index (χ0n) is 13.4. The molecule has 2 amide bonds. The van der Waals surface area contributed by atoms with E-state index in [1.807, 2.05) is 66.7 Å². The van der Waals surface area contributed by atoms with Crippen LogP contribution in [0.2, 0.25) is 0 Å². The Balaban J connectivity index is 1.73. The summed E-state index contributed by atoms with van der Waals surface area (Å²) >= 11 is 0. The van der Waals surface area contributed by atoms with Crippen molar-refractivity contribution in [2.24, 2.45) is 0 Å². The second-order valence-corrected chi connectivity index (χ2v) is 5.63. The molecule has 120 valence electrons. The molecule has 4 heteroatoms. The third kappa shape index (κ3) is 3.43. The molecule has 3 aromatic rings. The number of carbonyl (C=O) groups is 2. The number of rotatable bonds is 3. The summed E-state index contributed by atoms with van der Waals surface area (Å²) in [6, 6.07) is 22.9. The van der Waals surface area contributed by atoms with Crippen LogP contribution in [0.15, 0.2) is 72.8 Å². The normalized spacial score (nSPS) is 10.4. The van der Waals surface area contributed by atoms with Gasteiger partial charge in [-0.2, -0.15) is 0 Å². The van der Waals surface area contributed by atoms with Crippen LogP contribution >= 0.6 is 0 Å². The van der Waals surface area contributed by atoms with Gasteiger partial charge in [-0.05, 0) is 17.0 Å². The molecule has 0 spiro atoms. The third-order valence-electron chi connectivity index (χ3n) is 3.84. The lowest BCUT2D eigenvalue weighted by Crippen LogP contribution is -2.36. The van der Waals surface area contributed by atoms with Crippen LogP contribution < -0.4 is 5.32 Å². The van der Waals surface area contributed by atoms with E-state index in [1.54, 1.807) is 13.1 Å². The molecule has 0 aliphatic rings. The van der Waals surface area contributed by atoms with E-state index >= 15 is 0 Å². The number of nitrogens with zero attached hydrogens (tertiary/aromatic N) is 1. The van der Waals surface area contributed by atoms with Gasteiger partial charge >= 0.3 is 11.8 Å². The molecule has 0 aliphatic carbocycles. The summed E-state index contributed by atoms with van der Waals surface area (Å²) in [5.74, 6) is -1.20. The number of hydrogen-bond acceptors (Lipinski definition) is 2. The van der Waals surface area contributed by atoms with Gasteiger partial charge in [0, 0.05) is 24.7 Å². The van der Waals surface area contributed by atoms with E-state index in [9.17, 15) is 9.59 Å². The first-order valence-electron chi connectivity index (χ1n) is 7.73. The Morgan fingerprint density at radius 2 is 1.54 bits per heavy atom. The summed E-state index contributed by atoms with van der Waals surface area (Å²) in [5.41, 5.74) is 1.62. The van der Waals surface area contributed by atoms with Crippen molar-refractivity contribution >= 4 is 28.3 Å². The van der Waals surface area contributed by atoms with Crippen LogP contribution in [0.3, 0.4) is 0 Å². The van der Waals surface area contributed by atoms with Crippen LogP contribution in [-0.4, -0.2) is 23.8 Å². The Morgan fingerprint density at radius 3 is 2.33 bits per heavy atom. The van der Waals surface area contributed by atoms with Gasteiger partial charge in [-0.3, -0.25) is 9.59 Å². The molecule has 0 bridgehead atoms. The molecule has 0 unspecified atom stereocenters. The second-order valence-electron chi connectivity index (χ2n) is 5.63. The fourth-order valence-electron chi connectivity index (χ4n) is 2.61. The first-order valence-corrected chi connectivity index (χ1v) is 7.73. The molecule has 3 rings (SSSR count). The quantitative estimate of drug-likeness (QED) is 0.752. The van der Waals surface area contributed by atoms with Crippen LogP contribution in [0.1, 0.15) is 5.56 Å². The third-order valence-corrected chi connectivity index (χ3v) is 3.84. The van der Waals surface area contributed by atoms with Crippen molar-refractivity contribution in [3.8, 4) is 0 Å². The Kier molecular flexibility index (Phi) is 4.57. The Bertz CT molecular complexity index is 870. The van der Waals surface area contributed by atoms with Gasteiger partial charge < -0.3 is 10.2 Å². The van der Waals surface area contributed by atoms with Gasteiger partial charge in [-0.1, -0.05) is 66.7 Å². The number of likely N-dealkylation sites (N-methyl/N-ethyl adjacent to an activating group) is 1. The van der Waals surface area contributed by atoms with Crippen molar-refractivity contribution < 1.29 is 9.59 Å². The van der Waals surface area contributed by atoms with Gasteiger partial charge in [0.25, 0.3) is 0 Å². The number of hydrogen-bond donors (Lipinski definition) is 1. The second kappa shape index (κ2) is 6.96. The summed E-state index contributed by atoms with van der Waals surface area (Å²) < 4.78 is 0. The Morgan fingerprint density at radius 1 is 0.875 bits per heavy atom. The van der Waals surface area contributed by atoms with E-state index in [-0.39, 0.29) is 0 Å². The van der Waals surface area contributed by atoms with Gasteiger partial charge in [0.1, 0.15) is 0 Å². The SMILES string of the molecule is CN(Cc1ccccc1)C(=O)C(=O)Nc1cccc2ccccc12. The fourth-order valence-corrected chi connectivity index (χ4v) is 2.61. The molecule has 0 fully saturated rings. The highest BCUT2D eigenvalue weighted by Crippen LogP contribution is 2.22. The van der Waals surface area contributed by atoms with E-state index in [0.717, 1.165) is 16.3 Å². The van der Waals surface area contributed by atoms with Crippen LogP contribution in [0.4, 0.5) is 5.69 Å². The van der Waals surface area contributed by atoms with Crippen molar-refractivity contribution in [2.75, 3.05) is 12.4 Å². The molecule has 1 N–H and O–H groups in total. The van der Waals surface area contributed by atoms with E-state index in [2.05, 4.69) is 5.32 Å². The predicted molar refractivity (Wildman–Crippen MR) is 95.5 cm³/mol. The van der Waals surface area contributed by atoms with Crippen LogP contribution in [0.5, 0.6) is 0 Å². The number of nitrogens with one attached hydrogen (secondary N) is 1. The maximum absolute atomic E-state index is 12.3. The molecule has 0 saturated heterocycles. The zero-order valence-corrected chi connectivity index (χ0v) is 13.4. The topological polar surface area (TPSA) is 49.4 Å². The highest BCUT2D eigenvalue weighted by Gasteiger charge is 2.19. The predicted octanol–water partition coefficient (Wildman–Crippen LogP) is 3.44. The van der Waals surface area contributed by atoms with Gasteiger partial charge in [0.2, 0.25) is 0 Å². The number of carbonyl (C=O) groups excluding carboxylic acids is 2. The first kappa shape index (κ1) is 15.7. The lowest BCUT2D eigenvalue weighted by molar-refractivity contribution is -0.142. The van der Waals surface area contributed by atoms with Gasteiger partial charge in [0.05, 0.1) is 0 Å².